The number of rotatable bonds is 5. The van der Waals surface area contributed by atoms with E-state index in [2.05, 4.69) is 31.1 Å². The van der Waals surface area contributed by atoms with Gasteiger partial charge in [0, 0.05) is 61.6 Å². The number of aromatic amines is 1. The molecule has 0 atom stereocenters. The van der Waals surface area contributed by atoms with Crippen LogP contribution in [0.5, 0.6) is 5.75 Å². The molecule has 0 aliphatic carbocycles. The van der Waals surface area contributed by atoms with Gasteiger partial charge in [0.2, 0.25) is 0 Å². The Morgan fingerprint density at radius 1 is 1.14 bits per heavy atom. The molecule has 35 heavy (non-hydrogen) atoms. The largest absolute Gasteiger partial charge is 0.496 e. The first kappa shape index (κ1) is 21.7. The standard InChI is InChI=1S/C25H26FN7O2/c1-35-22-10-17(26)2-3-20(22)25(34)31-8-5-18(6-9-31)32-13-19(14-32)33-12-16(11-30-33)23-21-4-7-27-24(21)29-15-28-23/h2-4,7,10-12,15,18-19H,5-6,8-9,13-14H2,1H3,(H,27,28,29). The minimum absolute atomic E-state index is 0.105. The van der Waals surface area contributed by atoms with Crippen LogP contribution < -0.4 is 4.74 Å². The second-order valence-corrected chi connectivity index (χ2v) is 9.15. The van der Waals surface area contributed by atoms with Crippen LogP contribution in [0.25, 0.3) is 22.3 Å². The number of piperidine rings is 1. The molecule has 0 spiro atoms. The highest BCUT2D eigenvalue weighted by Crippen LogP contribution is 2.31. The summed E-state index contributed by atoms with van der Waals surface area (Å²) in [6.45, 7) is 3.23. The van der Waals surface area contributed by atoms with Crippen molar-refractivity contribution in [3.05, 3.63) is 60.6 Å². The molecule has 0 bridgehead atoms. The molecule has 1 aromatic carbocycles. The normalized spacial score (nSPS) is 17.6. The lowest BCUT2D eigenvalue weighted by molar-refractivity contribution is 0.0197. The average Bonchev–Trinajstić information content (AvgIpc) is 3.53. The van der Waals surface area contributed by atoms with Gasteiger partial charge in [-0.25, -0.2) is 14.4 Å². The highest BCUT2D eigenvalue weighted by Gasteiger charge is 2.36. The third-order valence-electron chi connectivity index (χ3n) is 7.16. The van der Waals surface area contributed by atoms with Gasteiger partial charge < -0.3 is 14.6 Å². The Hall–Kier alpha value is -3.79. The van der Waals surface area contributed by atoms with Crippen LogP contribution in [0, 0.1) is 5.82 Å². The predicted molar refractivity (Wildman–Crippen MR) is 128 cm³/mol. The molecule has 1 N–H and O–H groups in total. The van der Waals surface area contributed by atoms with E-state index in [-0.39, 0.29) is 11.7 Å². The van der Waals surface area contributed by atoms with Crippen LogP contribution in [0.3, 0.4) is 0 Å². The Morgan fingerprint density at radius 3 is 2.77 bits per heavy atom. The van der Waals surface area contributed by atoms with E-state index in [9.17, 15) is 9.18 Å². The molecule has 2 fully saturated rings. The van der Waals surface area contributed by atoms with Gasteiger partial charge in [-0.2, -0.15) is 5.10 Å². The number of nitrogens with one attached hydrogen (secondary N) is 1. The van der Waals surface area contributed by atoms with E-state index in [4.69, 9.17) is 4.74 Å². The number of nitrogens with zero attached hydrogens (tertiary/aromatic N) is 6. The second kappa shape index (κ2) is 8.77. The van der Waals surface area contributed by atoms with Crippen LogP contribution in [-0.4, -0.2) is 79.8 Å². The topological polar surface area (TPSA) is 92.2 Å². The Kier molecular flexibility index (Phi) is 5.44. The molecular weight excluding hydrogens is 449 g/mol. The zero-order chi connectivity index (χ0) is 23.9. The van der Waals surface area contributed by atoms with E-state index in [0.717, 1.165) is 48.2 Å². The van der Waals surface area contributed by atoms with Crippen molar-refractivity contribution in [2.24, 2.45) is 0 Å². The summed E-state index contributed by atoms with van der Waals surface area (Å²) in [4.78, 5) is 29.1. The Morgan fingerprint density at radius 2 is 1.97 bits per heavy atom. The number of ether oxygens (including phenoxy) is 1. The van der Waals surface area contributed by atoms with Gasteiger partial charge in [-0.15, -0.1) is 0 Å². The number of methoxy groups -OCH3 is 1. The molecule has 2 aliphatic heterocycles. The average molecular weight is 476 g/mol. The third kappa shape index (κ3) is 3.93. The first-order valence-electron chi connectivity index (χ1n) is 11.8. The molecule has 3 aromatic heterocycles. The number of carbonyl (C=O) groups excluding carboxylic acids is 1. The summed E-state index contributed by atoms with van der Waals surface area (Å²) in [5.41, 5.74) is 3.10. The molecule has 5 heterocycles. The number of benzene rings is 1. The summed E-state index contributed by atoms with van der Waals surface area (Å²) >= 11 is 0. The Balaban J connectivity index is 1.05. The fraction of sp³-hybridized carbons (Fsp3) is 0.360. The van der Waals surface area contributed by atoms with E-state index in [0.29, 0.717) is 30.7 Å². The minimum atomic E-state index is -0.413. The zero-order valence-corrected chi connectivity index (χ0v) is 19.4. The van der Waals surface area contributed by atoms with Gasteiger partial charge in [-0.05, 0) is 31.0 Å². The molecule has 0 unspecified atom stereocenters. The number of likely N-dealkylation sites (tertiary alicyclic amines) is 2. The van der Waals surface area contributed by atoms with Crippen molar-refractivity contribution in [3.8, 4) is 17.0 Å². The summed E-state index contributed by atoms with van der Waals surface area (Å²) in [6.07, 6.45) is 9.20. The molecular formula is C25H26FN7O2. The fourth-order valence-corrected chi connectivity index (χ4v) is 5.16. The smallest absolute Gasteiger partial charge is 0.257 e. The molecule has 2 saturated heterocycles. The Labute approximate surface area is 201 Å². The number of carbonyl (C=O) groups is 1. The van der Waals surface area contributed by atoms with Gasteiger partial charge in [0.25, 0.3) is 5.91 Å². The number of H-pyrrole nitrogens is 1. The second-order valence-electron chi connectivity index (χ2n) is 9.15. The molecule has 180 valence electrons. The molecule has 10 heteroatoms. The lowest BCUT2D eigenvalue weighted by Crippen LogP contribution is -2.56. The summed E-state index contributed by atoms with van der Waals surface area (Å²) in [6, 6.07) is 6.82. The van der Waals surface area contributed by atoms with Gasteiger partial charge in [-0.1, -0.05) is 0 Å². The maximum absolute atomic E-state index is 13.5. The predicted octanol–water partition coefficient (Wildman–Crippen LogP) is 3.13. The lowest BCUT2D eigenvalue weighted by atomic mass is 9.97. The van der Waals surface area contributed by atoms with Crippen LogP contribution in [0.4, 0.5) is 4.39 Å². The zero-order valence-electron chi connectivity index (χ0n) is 19.4. The summed E-state index contributed by atoms with van der Waals surface area (Å²) in [5, 5.41) is 5.59. The van der Waals surface area contributed by atoms with Crippen molar-refractivity contribution in [1.29, 1.82) is 0 Å². The Bertz CT molecular complexity index is 1370. The fourth-order valence-electron chi connectivity index (χ4n) is 5.16. The summed E-state index contributed by atoms with van der Waals surface area (Å²) < 4.78 is 20.7. The van der Waals surface area contributed by atoms with E-state index >= 15 is 0 Å². The first-order chi connectivity index (χ1) is 17.1. The lowest BCUT2D eigenvalue weighted by Gasteiger charge is -2.47. The third-order valence-corrected chi connectivity index (χ3v) is 7.16. The maximum atomic E-state index is 13.5. The number of hydrogen-bond donors (Lipinski definition) is 1. The first-order valence-corrected chi connectivity index (χ1v) is 11.8. The van der Waals surface area contributed by atoms with Gasteiger partial charge in [-0.3, -0.25) is 14.4 Å². The van der Waals surface area contributed by atoms with E-state index in [1.807, 2.05) is 28.0 Å². The summed E-state index contributed by atoms with van der Waals surface area (Å²) in [5.74, 6) is -0.240. The van der Waals surface area contributed by atoms with Gasteiger partial charge >= 0.3 is 0 Å². The summed E-state index contributed by atoms with van der Waals surface area (Å²) in [7, 11) is 1.45. The molecule has 0 radical (unpaired) electrons. The quantitative estimate of drug-likeness (QED) is 0.477. The van der Waals surface area contributed by atoms with Gasteiger partial charge in [0.15, 0.2) is 0 Å². The van der Waals surface area contributed by atoms with Gasteiger partial charge in [0.1, 0.15) is 23.5 Å². The number of amides is 1. The van der Waals surface area contributed by atoms with Crippen LogP contribution in [0.15, 0.2) is 49.2 Å². The minimum Gasteiger partial charge on any atom is -0.496 e. The van der Waals surface area contributed by atoms with E-state index in [1.165, 1.54) is 25.3 Å². The van der Waals surface area contributed by atoms with Crippen molar-refractivity contribution in [1.82, 2.24) is 34.5 Å². The number of halogens is 1. The highest BCUT2D eigenvalue weighted by molar-refractivity contribution is 5.97. The van der Waals surface area contributed by atoms with Crippen molar-refractivity contribution in [3.63, 3.8) is 0 Å². The molecule has 6 rings (SSSR count). The molecule has 4 aromatic rings. The van der Waals surface area contributed by atoms with Gasteiger partial charge in [0.05, 0.1) is 30.6 Å². The van der Waals surface area contributed by atoms with Crippen molar-refractivity contribution < 1.29 is 13.9 Å². The monoisotopic (exact) mass is 475 g/mol. The SMILES string of the molecule is COc1cc(F)ccc1C(=O)N1CCC(N2CC(n3cc(-c4ncnc5[nH]ccc45)cn3)C2)CC1. The van der Waals surface area contributed by atoms with Crippen molar-refractivity contribution in [2.45, 2.75) is 24.9 Å². The molecule has 2 aliphatic rings. The van der Waals surface area contributed by atoms with Crippen molar-refractivity contribution in [2.75, 3.05) is 33.3 Å². The highest BCUT2D eigenvalue weighted by atomic mass is 19.1. The molecule has 1 amide bonds. The van der Waals surface area contributed by atoms with Crippen LogP contribution >= 0.6 is 0 Å². The number of fused-ring (bicyclic) bond motifs is 1. The van der Waals surface area contributed by atoms with E-state index < -0.39 is 5.82 Å². The van der Waals surface area contributed by atoms with Crippen molar-refractivity contribution >= 4 is 16.9 Å². The van der Waals surface area contributed by atoms with E-state index in [1.54, 1.807) is 6.33 Å². The maximum Gasteiger partial charge on any atom is 0.257 e. The molecule has 0 saturated carbocycles. The molecule has 9 nitrogen and oxygen atoms in total. The number of hydrogen-bond acceptors (Lipinski definition) is 6. The van der Waals surface area contributed by atoms with Crippen LogP contribution in [0.2, 0.25) is 0 Å². The van der Waals surface area contributed by atoms with Crippen LogP contribution in [0.1, 0.15) is 29.2 Å². The number of aromatic nitrogens is 5. The van der Waals surface area contributed by atoms with Crippen LogP contribution in [-0.2, 0) is 0 Å².